The van der Waals surface area contributed by atoms with Crippen LogP contribution in [0.5, 0.6) is 0 Å². The highest BCUT2D eigenvalue weighted by Crippen LogP contribution is 2.33. The topological polar surface area (TPSA) is 40.7 Å². The number of nitrogens with one attached hydrogen (secondary N) is 2. The number of H-pyrrole nitrogens is 1. The molecule has 1 aromatic carbocycles. The second-order valence-corrected chi connectivity index (χ2v) is 5.93. The van der Waals surface area contributed by atoms with Crippen LogP contribution in [0.3, 0.4) is 0 Å². The molecule has 0 amide bonds. The van der Waals surface area contributed by atoms with Gasteiger partial charge in [-0.15, -0.1) is 0 Å². The maximum atomic E-state index is 6.17. The summed E-state index contributed by atoms with van der Waals surface area (Å²) in [4.78, 5) is 0. The van der Waals surface area contributed by atoms with E-state index in [0.29, 0.717) is 10.0 Å². The van der Waals surface area contributed by atoms with Gasteiger partial charge in [-0.1, -0.05) is 35.3 Å². The zero-order valence-electron chi connectivity index (χ0n) is 10.5. The molecule has 0 aliphatic carbocycles. The number of rotatable bonds is 2. The third-order valence-corrected chi connectivity index (χ3v) is 3.14. The minimum atomic E-state index is -0.0371. The monoisotopic (exact) mass is 283 g/mol. The average Bonchev–Trinajstić information content (AvgIpc) is 2.68. The van der Waals surface area contributed by atoms with Crippen molar-refractivity contribution in [1.29, 1.82) is 0 Å². The second kappa shape index (κ2) is 4.82. The number of benzene rings is 1. The summed E-state index contributed by atoms with van der Waals surface area (Å²) in [5.41, 5.74) is 1.65. The van der Waals surface area contributed by atoms with Gasteiger partial charge in [0.25, 0.3) is 0 Å². The first kappa shape index (κ1) is 13.2. The van der Waals surface area contributed by atoms with E-state index < -0.39 is 0 Å². The van der Waals surface area contributed by atoms with Crippen molar-refractivity contribution in [2.24, 2.45) is 0 Å². The van der Waals surface area contributed by atoms with Gasteiger partial charge in [-0.2, -0.15) is 5.10 Å². The van der Waals surface area contributed by atoms with Crippen LogP contribution in [-0.2, 0) is 0 Å². The summed E-state index contributed by atoms with van der Waals surface area (Å²) in [5, 5.41) is 11.5. The minimum absolute atomic E-state index is 0.0371. The number of halogens is 2. The lowest BCUT2D eigenvalue weighted by molar-refractivity contribution is 0.630. The lowest BCUT2D eigenvalue weighted by atomic mass is 10.1. The van der Waals surface area contributed by atoms with Crippen molar-refractivity contribution in [1.82, 2.24) is 10.2 Å². The molecule has 3 nitrogen and oxygen atoms in total. The largest absolute Gasteiger partial charge is 0.364 e. The molecule has 2 rings (SSSR count). The zero-order chi connectivity index (χ0) is 13.3. The summed E-state index contributed by atoms with van der Waals surface area (Å²) < 4.78 is 0. The normalized spacial score (nSPS) is 11.6. The molecule has 0 saturated carbocycles. The van der Waals surface area contributed by atoms with Gasteiger partial charge in [0.15, 0.2) is 0 Å². The average molecular weight is 284 g/mol. The fourth-order valence-corrected chi connectivity index (χ4v) is 2.02. The number of nitrogens with zero attached hydrogens (tertiary/aromatic N) is 1. The standard InChI is InChI=1S/C13H15Cl2N3/c1-13(2,3)16-11-7-10(17-18-11)8-5-4-6-9(14)12(8)15/h4-7H,1-3H3,(H2,16,17,18). The van der Waals surface area contributed by atoms with Crippen LogP contribution in [0.1, 0.15) is 20.8 Å². The summed E-state index contributed by atoms with van der Waals surface area (Å²) in [5.74, 6) is 0.786. The highest BCUT2D eigenvalue weighted by molar-refractivity contribution is 6.43. The Labute approximate surface area is 117 Å². The van der Waals surface area contributed by atoms with Crippen molar-refractivity contribution in [3.05, 3.63) is 34.3 Å². The van der Waals surface area contributed by atoms with E-state index >= 15 is 0 Å². The van der Waals surface area contributed by atoms with E-state index in [-0.39, 0.29) is 5.54 Å². The van der Waals surface area contributed by atoms with Crippen LogP contribution in [0.25, 0.3) is 11.3 Å². The van der Waals surface area contributed by atoms with Crippen LogP contribution in [0.2, 0.25) is 10.0 Å². The van der Waals surface area contributed by atoms with Gasteiger partial charge in [-0.05, 0) is 26.8 Å². The molecule has 0 saturated heterocycles. The van der Waals surface area contributed by atoms with E-state index in [9.17, 15) is 0 Å². The molecule has 5 heteroatoms. The molecule has 18 heavy (non-hydrogen) atoms. The molecule has 0 fully saturated rings. The van der Waals surface area contributed by atoms with Crippen molar-refractivity contribution in [2.75, 3.05) is 5.32 Å². The lowest BCUT2D eigenvalue weighted by Crippen LogP contribution is -2.26. The van der Waals surface area contributed by atoms with Gasteiger partial charge in [0.05, 0.1) is 15.7 Å². The summed E-state index contributed by atoms with van der Waals surface area (Å²) in [6.07, 6.45) is 0. The third-order valence-electron chi connectivity index (χ3n) is 2.32. The quantitative estimate of drug-likeness (QED) is 0.846. The Kier molecular flexibility index (Phi) is 3.55. The van der Waals surface area contributed by atoms with E-state index in [1.165, 1.54) is 0 Å². The summed E-state index contributed by atoms with van der Waals surface area (Å²) in [6.45, 7) is 6.23. The highest BCUT2D eigenvalue weighted by atomic mass is 35.5. The van der Waals surface area contributed by atoms with Crippen LogP contribution in [0.4, 0.5) is 5.82 Å². The van der Waals surface area contributed by atoms with E-state index in [4.69, 9.17) is 23.2 Å². The molecular weight excluding hydrogens is 269 g/mol. The Balaban J connectivity index is 2.33. The molecule has 2 aromatic rings. The van der Waals surface area contributed by atoms with E-state index in [0.717, 1.165) is 17.1 Å². The second-order valence-electron chi connectivity index (χ2n) is 5.14. The molecule has 0 aliphatic rings. The highest BCUT2D eigenvalue weighted by Gasteiger charge is 2.13. The summed E-state index contributed by atoms with van der Waals surface area (Å²) in [7, 11) is 0. The van der Waals surface area contributed by atoms with Gasteiger partial charge in [0.2, 0.25) is 0 Å². The van der Waals surface area contributed by atoms with Crippen molar-refractivity contribution >= 4 is 29.0 Å². The molecule has 0 aliphatic heterocycles. The molecule has 2 N–H and O–H groups in total. The smallest absolute Gasteiger partial charge is 0.148 e. The van der Waals surface area contributed by atoms with Gasteiger partial charge in [0, 0.05) is 17.2 Å². The maximum absolute atomic E-state index is 6.17. The van der Waals surface area contributed by atoms with Gasteiger partial charge in [-0.3, -0.25) is 5.10 Å². The van der Waals surface area contributed by atoms with Crippen molar-refractivity contribution in [3.8, 4) is 11.3 Å². The lowest BCUT2D eigenvalue weighted by Gasteiger charge is -2.19. The van der Waals surface area contributed by atoms with E-state index in [1.54, 1.807) is 6.07 Å². The number of aromatic nitrogens is 2. The fourth-order valence-electron chi connectivity index (χ4n) is 1.62. The Morgan fingerprint density at radius 3 is 2.61 bits per heavy atom. The first-order valence-corrected chi connectivity index (χ1v) is 6.40. The maximum Gasteiger partial charge on any atom is 0.148 e. The number of anilines is 1. The fraction of sp³-hybridized carbons (Fsp3) is 0.308. The molecule has 0 bridgehead atoms. The van der Waals surface area contributed by atoms with E-state index in [1.807, 2.05) is 18.2 Å². The van der Waals surface area contributed by atoms with Gasteiger partial charge >= 0.3 is 0 Å². The molecule has 1 aromatic heterocycles. The van der Waals surface area contributed by atoms with Crippen molar-refractivity contribution in [2.45, 2.75) is 26.3 Å². The summed E-state index contributed by atoms with van der Waals surface area (Å²) in [6, 6.07) is 7.45. The van der Waals surface area contributed by atoms with Crippen LogP contribution < -0.4 is 5.32 Å². The Hall–Kier alpha value is -1.19. The molecule has 0 atom stereocenters. The molecule has 0 radical (unpaired) electrons. The SMILES string of the molecule is CC(C)(C)Nc1cc(-c2cccc(Cl)c2Cl)[nH]n1. The molecular formula is C13H15Cl2N3. The van der Waals surface area contributed by atoms with Crippen molar-refractivity contribution in [3.63, 3.8) is 0 Å². The van der Waals surface area contributed by atoms with Gasteiger partial charge in [0.1, 0.15) is 5.82 Å². The first-order valence-electron chi connectivity index (χ1n) is 5.65. The Bertz CT molecular complexity index is 556. The molecule has 0 spiro atoms. The van der Waals surface area contributed by atoms with Crippen LogP contribution in [-0.4, -0.2) is 15.7 Å². The summed E-state index contributed by atoms with van der Waals surface area (Å²) >= 11 is 12.2. The zero-order valence-corrected chi connectivity index (χ0v) is 12.0. The minimum Gasteiger partial charge on any atom is -0.364 e. The number of hydrogen-bond donors (Lipinski definition) is 2. The first-order chi connectivity index (χ1) is 8.37. The van der Waals surface area contributed by atoms with Crippen LogP contribution >= 0.6 is 23.2 Å². The molecule has 0 unspecified atom stereocenters. The van der Waals surface area contributed by atoms with Gasteiger partial charge in [-0.25, -0.2) is 0 Å². The Morgan fingerprint density at radius 1 is 1.22 bits per heavy atom. The van der Waals surface area contributed by atoms with E-state index in [2.05, 4.69) is 36.3 Å². The number of hydrogen-bond acceptors (Lipinski definition) is 2. The van der Waals surface area contributed by atoms with Crippen LogP contribution in [0.15, 0.2) is 24.3 Å². The Morgan fingerprint density at radius 2 is 1.94 bits per heavy atom. The predicted octanol–water partition coefficient (Wildman–Crippen LogP) is 4.59. The van der Waals surface area contributed by atoms with Crippen LogP contribution in [0, 0.1) is 0 Å². The molecule has 96 valence electrons. The molecule has 1 heterocycles. The van der Waals surface area contributed by atoms with Gasteiger partial charge < -0.3 is 5.32 Å². The predicted molar refractivity (Wildman–Crippen MR) is 77.4 cm³/mol. The third kappa shape index (κ3) is 2.98. The van der Waals surface area contributed by atoms with Crippen molar-refractivity contribution < 1.29 is 0 Å². The number of aromatic amines is 1.